The van der Waals surface area contributed by atoms with Crippen LogP contribution in [0.15, 0.2) is 10.5 Å². The molecule has 1 atom stereocenters. The number of rotatable bonds is 2. The Morgan fingerprint density at radius 1 is 1.53 bits per heavy atom. The zero-order valence-corrected chi connectivity index (χ0v) is 10.8. The second-order valence-electron chi connectivity index (χ2n) is 4.01. The van der Waals surface area contributed by atoms with Crippen molar-refractivity contribution in [1.29, 1.82) is 0 Å². The van der Waals surface area contributed by atoms with Gasteiger partial charge >= 0.3 is 0 Å². The van der Waals surface area contributed by atoms with Gasteiger partial charge in [0.1, 0.15) is 11.9 Å². The van der Waals surface area contributed by atoms with E-state index in [0.717, 1.165) is 12.2 Å². The van der Waals surface area contributed by atoms with E-state index in [0.29, 0.717) is 6.61 Å². The summed E-state index contributed by atoms with van der Waals surface area (Å²) in [4.78, 5) is 0. The second kappa shape index (κ2) is 4.14. The predicted octanol–water partition coefficient (Wildman–Crippen LogP) is 3.02. The summed E-state index contributed by atoms with van der Waals surface area (Å²) in [6.07, 6.45) is 1.13. The minimum atomic E-state index is 0.178. The first kappa shape index (κ1) is 11.0. The van der Waals surface area contributed by atoms with Gasteiger partial charge in [-0.25, -0.2) is 0 Å². The molecule has 82 valence electrons. The minimum Gasteiger partial charge on any atom is -0.487 e. The topological polar surface area (TPSA) is 18.5 Å². The molecule has 2 rings (SSSR count). The molecule has 2 nitrogen and oxygen atoms in total. The van der Waals surface area contributed by atoms with E-state index in [4.69, 9.17) is 9.47 Å². The molecule has 3 heteroatoms. The first-order chi connectivity index (χ1) is 7.13. The van der Waals surface area contributed by atoms with Crippen LogP contribution in [0.4, 0.5) is 0 Å². The largest absolute Gasteiger partial charge is 0.487 e. The maximum absolute atomic E-state index is 5.82. The number of hydrogen-bond acceptors (Lipinski definition) is 2. The summed E-state index contributed by atoms with van der Waals surface area (Å²) in [6.45, 7) is 4.88. The standard InChI is InChI=1S/C12H15BrO2/c1-7-4-11-10(8(2)12(7)13)5-9(15-11)6-14-3/h4,9H,5-6H2,1-3H3. The molecule has 15 heavy (non-hydrogen) atoms. The highest BCUT2D eigenvalue weighted by atomic mass is 79.9. The molecule has 1 aromatic carbocycles. The lowest BCUT2D eigenvalue weighted by Gasteiger charge is -2.09. The quantitative estimate of drug-likeness (QED) is 0.823. The predicted molar refractivity (Wildman–Crippen MR) is 63.6 cm³/mol. The van der Waals surface area contributed by atoms with Crippen LogP contribution in [0.2, 0.25) is 0 Å². The van der Waals surface area contributed by atoms with E-state index < -0.39 is 0 Å². The van der Waals surface area contributed by atoms with Crippen molar-refractivity contribution < 1.29 is 9.47 Å². The first-order valence-electron chi connectivity index (χ1n) is 5.07. The Hall–Kier alpha value is -0.540. The average Bonchev–Trinajstić information content (AvgIpc) is 2.58. The first-order valence-corrected chi connectivity index (χ1v) is 5.87. The van der Waals surface area contributed by atoms with Crippen LogP contribution in [0.5, 0.6) is 5.75 Å². The van der Waals surface area contributed by atoms with Crippen molar-refractivity contribution in [3.05, 3.63) is 27.2 Å². The van der Waals surface area contributed by atoms with Crippen molar-refractivity contribution in [2.75, 3.05) is 13.7 Å². The van der Waals surface area contributed by atoms with Crippen molar-refractivity contribution in [2.24, 2.45) is 0 Å². The van der Waals surface area contributed by atoms with Gasteiger partial charge in [0.25, 0.3) is 0 Å². The van der Waals surface area contributed by atoms with Crippen LogP contribution < -0.4 is 4.74 Å². The number of halogens is 1. The molecule has 0 saturated heterocycles. The van der Waals surface area contributed by atoms with Crippen LogP contribution in [0, 0.1) is 13.8 Å². The Kier molecular flexibility index (Phi) is 3.03. The number of aryl methyl sites for hydroxylation is 1. The van der Waals surface area contributed by atoms with Crippen molar-refractivity contribution in [3.8, 4) is 5.75 Å². The summed E-state index contributed by atoms with van der Waals surface area (Å²) >= 11 is 3.60. The number of methoxy groups -OCH3 is 1. The Labute approximate surface area is 98.7 Å². The molecule has 1 aliphatic heterocycles. The lowest BCUT2D eigenvalue weighted by molar-refractivity contribution is 0.0951. The summed E-state index contributed by atoms with van der Waals surface area (Å²) in [6, 6.07) is 2.10. The smallest absolute Gasteiger partial charge is 0.126 e. The van der Waals surface area contributed by atoms with Crippen LogP contribution in [0.1, 0.15) is 16.7 Å². The van der Waals surface area contributed by atoms with Gasteiger partial charge in [-0.05, 0) is 31.0 Å². The van der Waals surface area contributed by atoms with E-state index in [1.165, 1.54) is 21.2 Å². The highest BCUT2D eigenvalue weighted by Gasteiger charge is 2.25. The molecule has 0 aromatic heterocycles. The lowest BCUT2D eigenvalue weighted by atomic mass is 10.0. The molecule has 0 saturated carbocycles. The van der Waals surface area contributed by atoms with Gasteiger partial charge in [0, 0.05) is 23.6 Å². The van der Waals surface area contributed by atoms with Crippen molar-refractivity contribution in [1.82, 2.24) is 0 Å². The highest BCUT2D eigenvalue weighted by Crippen LogP contribution is 2.37. The van der Waals surface area contributed by atoms with Crippen LogP contribution >= 0.6 is 15.9 Å². The van der Waals surface area contributed by atoms with Crippen molar-refractivity contribution >= 4 is 15.9 Å². The SMILES string of the molecule is COCC1Cc2c(cc(C)c(Br)c2C)O1. The number of benzene rings is 1. The third kappa shape index (κ3) is 1.91. The normalized spacial score (nSPS) is 18.8. The molecule has 0 radical (unpaired) electrons. The zero-order valence-electron chi connectivity index (χ0n) is 9.26. The molecule has 0 fully saturated rings. The summed E-state index contributed by atoms with van der Waals surface area (Å²) in [5.41, 5.74) is 3.84. The Balaban J connectivity index is 2.34. The fourth-order valence-corrected chi connectivity index (χ4v) is 2.40. The van der Waals surface area contributed by atoms with Gasteiger partial charge in [-0.3, -0.25) is 0 Å². The molecular weight excluding hydrogens is 256 g/mol. The van der Waals surface area contributed by atoms with Gasteiger partial charge < -0.3 is 9.47 Å². The third-order valence-electron chi connectivity index (χ3n) is 2.85. The van der Waals surface area contributed by atoms with Crippen LogP contribution in [0.25, 0.3) is 0 Å². The van der Waals surface area contributed by atoms with Gasteiger partial charge in [0.05, 0.1) is 6.61 Å². The van der Waals surface area contributed by atoms with E-state index in [1.54, 1.807) is 7.11 Å². The monoisotopic (exact) mass is 270 g/mol. The van der Waals surface area contributed by atoms with E-state index in [-0.39, 0.29) is 6.10 Å². The Morgan fingerprint density at radius 3 is 2.93 bits per heavy atom. The third-order valence-corrected chi connectivity index (χ3v) is 4.07. The van der Waals surface area contributed by atoms with E-state index in [9.17, 15) is 0 Å². The average molecular weight is 271 g/mol. The summed E-state index contributed by atoms with van der Waals surface area (Å²) < 4.78 is 12.1. The molecule has 0 bridgehead atoms. The zero-order chi connectivity index (χ0) is 11.0. The molecule has 0 N–H and O–H groups in total. The van der Waals surface area contributed by atoms with Crippen LogP contribution in [-0.4, -0.2) is 19.8 Å². The Morgan fingerprint density at radius 2 is 2.27 bits per heavy atom. The van der Waals surface area contributed by atoms with Gasteiger partial charge in [0.15, 0.2) is 0 Å². The number of fused-ring (bicyclic) bond motifs is 1. The maximum atomic E-state index is 5.82. The Bertz CT molecular complexity index is 388. The fourth-order valence-electron chi connectivity index (χ4n) is 2.05. The minimum absolute atomic E-state index is 0.178. The molecule has 1 unspecified atom stereocenters. The van der Waals surface area contributed by atoms with E-state index >= 15 is 0 Å². The summed E-state index contributed by atoms with van der Waals surface area (Å²) in [7, 11) is 1.71. The molecule has 0 spiro atoms. The van der Waals surface area contributed by atoms with Gasteiger partial charge in [-0.1, -0.05) is 15.9 Å². The number of ether oxygens (including phenoxy) is 2. The number of hydrogen-bond donors (Lipinski definition) is 0. The van der Waals surface area contributed by atoms with Crippen molar-refractivity contribution in [2.45, 2.75) is 26.4 Å². The van der Waals surface area contributed by atoms with Crippen LogP contribution in [0.3, 0.4) is 0 Å². The van der Waals surface area contributed by atoms with Gasteiger partial charge in [-0.2, -0.15) is 0 Å². The van der Waals surface area contributed by atoms with Gasteiger partial charge in [-0.15, -0.1) is 0 Å². The fraction of sp³-hybridized carbons (Fsp3) is 0.500. The molecule has 1 heterocycles. The van der Waals surface area contributed by atoms with Gasteiger partial charge in [0.2, 0.25) is 0 Å². The molecular formula is C12H15BrO2. The van der Waals surface area contributed by atoms with Crippen molar-refractivity contribution in [3.63, 3.8) is 0 Å². The highest BCUT2D eigenvalue weighted by molar-refractivity contribution is 9.10. The second-order valence-corrected chi connectivity index (χ2v) is 4.80. The maximum Gasteiger partial charge on any atom is 0.126 e. The molecule has 1 aromatic rings. The molecule has 1 aliphatic rings. The molecule has 0 amide bonds. The van der Waals surface area contributed by atoms with E-state index in [2.05, 4.69) is 35.8 Å². The van der Waals surface area contributed by atoms with Crippen LogP contribution in [-0.2, 0) is 11.2 Å². The van der Waals surface area contributed by atoms with E-state index in [1.807, 2.05) is 0 Å². The lowest BCUT2D eigenvalue weighted by Crippen LogP contribution is -2.19. The summed E-state index contributed by atoms with van der Waals surface area (Å²) in [5, 5.41) is 0. The summed E-state index contributed by atoms with van der Waals surface area (Å²) in [5.74, 6) is 1.02. The molecule has 0 aliphatic carbocycles.